The Morgan fingerprint density at radius 2 is 1.88 bits per heavy atom. The number of hydrogen-bond donors (Lipinski definition) is 2. The summed E-state index contributed by atoms with van der Waals surface area (Å²) in [5.41, 5.74) is 0.433. The van der Waals surface area contributed by atoms with Gasteiger partial charge in [0, 0.05) is 16.6 Å². The van der Waals surface area contributed by atoms with Crippen molar-refractivity contribution in [3.8, 4) is 0 Å². The van der Waals surface area contributed by atoms with Gasteiger partial charge in [-0.05, 0) is 48.9 Å². The number of furan rings is 1. The van der Waals surface area contributed by atoms with Gasteiger partial charge in [-0.3, -0.25) is 0 Å². The lowest BCUT2D eigenvalue weighted by molar-refractivity contribution is 0.0259. The van der Waals surface area contributed by atoms with E-state index in [2.05, 4.69) is 19.8 Å². The van der Waals surface area contributed by atoms with E-state index in [1.54, 1.807) is 18.4 Å². The minimum atomic E-state index is -2.54. The second-order valence-corrected chi connectivity index (χ2v) is 9.34. The fourth-order valence-corrected chi connectivity index (χ4v) is 5.35. The lowest BCUT2D eigenvalue weighted by atomic mass is 9.74. The second kappa shape index (κ2) is 8.47. The van der Waals surface area contributed by atoms with Crippen molar-refractivity contribution >= 4 is 10.3 Å². The third-order valence-electron chi connectivity index (χ3n) is 5.32. The first-order valence-electron chi connectivity index (χ1n) is 9.16. The molecule has 1 aromatic heterocycles. The second-order valence-electron chi connectivity index (χ2n) is 6.97. The molecule has 4 heteroatoms. The molecule has 0 saturated carbocycles. The maximum Gasteiger partial charge on any atom is 0.133 e. The molecule has 2 N–H and O–H groups in total. The minimum Gasteiger partial charge on any atom is -0.467 e. The predicted octanol–water partition coefficient (Wildman–Crippen LogP) is 6.85. The highest BCUT2D eigenvalue weighted by atomic mass is 32.3. The molecular weight excluding hydrogens is 344 g/mol. The first-order valence-corrected chi connectivity index (χ1v) is 10.9. The van der Waals surface area contributed by atoms with Gasteiger partial charge in [0.2, 0.25) is 0 Å². The lowest BCUT2D eigenvalue weighted by Gasteiger charge is -2.46. The van der Waals surface area contributed by atoms with E-state index in [4.69, 9.17) is 4.42 Å². The molecule has 1 unspecified atom stereocenters. The third kappa shape index (κ3) is 3.93. The molecule has 1 radical (unpaired) electrons. The average molecular weight is 376 g/mol. The Morgan fingerprint density at radius 3 is 2.38 bits per heavy atom. The van der Waals surface area contributed by atoms with E-state index in [0.29, 0.717) is 17.1 Å². The summed E-state index contributed by atoms with van der Waals surface area (Å²) in [6.07, 6.45) is 8.13. The molecule has 1 heterocycles. The van der Waals surface area contributed by atoms with Crippen LogP contribution in [0.25, 0.3) is 0 Å². The summed E-state index contributed by atoms with van der Waals surface area (Å²) in [6, 6.07) is 11.3. The van der Waals surface area contributed by atoms with E-state index in [1.807, 2.05) is 38.1 Å². The van der Waals surface area contributed by atoms with Crippen LogP contribution in [0.1, 0.15) is 57.0 Å². The Kier molecular flexibility index (Phi) is 6.78. The molecule has 0 fully saturated rings. The minimum absolute atomic E-state index is 0.503. The smallest absolute Gasteiger partial charge is 0.133 e. The first-order chi connectivity index (χ1) is 12.3. The average Bonchev–Trinajstić information content (AvgIpc) is 3.17. The van der Waals surface area contributed by atoms with Crippen molar-refractivity contribution in [3.05, 3.63) is 71.7 Å². The number of hydrogen-bond acceptors (Lipinski definition) is 3. The van der Waals surface area contributed by atoms with Crippen LogP contribution in [0.15, 0.2) is 63.5 Å². The van der Waals surface area contributed by atoms with Crippen molar-refractivity contribution in [1.82, 2.24) is 0 Å². The molecular formula is C22H31O3S. The number of rotatable bonds is 9. The molecule has 0 amide bonds. The summed E-state index contributed by atoms with van der Waals surface area (Å²) in [4.78, 5) is 1.36. The van der Waals surface area contributed by atoms with Crippen LogP contribution in [0.5, 0.6) is 0 Å². The summed E-state index contributed by atoms with van der Waals surface area (Å²) in [5.74, 6) is 0.503. The van der Waals surface area contributed by atoms with Crippen LogP contribution >= 0.6 is 10.3 Å². The Bertz CT molecular complexity index is 703. The van der Waals surface area contributed by atoms with Gasteiger partial charge in [0.1, 0.15) is 11.9 Å². The predicted molar refractivity (Wildman–Crippen MR) is 110 cm³/mol. The monoisotopic (exact) mass is 375 g/mol. The fourth-order valence-electron chi connectivity index (χ4n) is 3.45. The van der Waals surface area contributed by atoms with Crippen molar-refractivity contribution in [3.63, 3.8) is 0 Å². The molecule has 0 spiro atoms. The Hall–Kier alpha value is -1.49. The number of unbranched alkanes of at least 4 members (excludes halogenated alkanes) is 1. The van der Waals surface area contributed by atoms with Gasteiger partial charge in [-0.2, -0.15) is 0 Å². The molecule has 3 nitrogen and oxygen atoms in total. The Labute approximate surface area is 159 Å². The normalized spacial score (nSPS) is 18.5. The highest BCUT2D eigenvalue weighted by Crippen LogP contribution is 2.66. The van der Waals surface area contributed by atoms with E-state index in [1.165, 1.54) is 0 Å². The van der Waals surface area contributed by atoms with E-state index in [9.17, 15) is 9.66 Å². The summed E-state index contributed by atoms with van der Waals surface area (Å²) < 4.78 is 16.9. The van der Waals surface area contributed by atoms with Gasteiger partial charge in [0.05, 0.1) is 6.26 Å². The van der Waals surface area contributed by atoms with Crippen molar-refractivity contribution in [2.24, 2.45) is 5.41 Å². The standard InChI is InChI=1S/C22H31O3S/c1-6-8-15-22(7-2,21(23)20-10-9-16-25-20)18(4)26(5,24)19-13-11-17(3)12-14-19/h9-14,16,21,23-24H,4-8,15H2,1-3H3/t21-,22+/m1/s1. The van der Waals surface area contributed by atoms with E-state index < -0.39 is 21.8 Å². The van der Waals surface area contributed by atoms with Gasteiger partial charge in [-0.15, -0.1) is 0 Å². The van der Waals surface area contributed by atoms with Crippen LogP contribution in [0.3, 0.4) is 0 Å². The summed E-state index contributed by atoms with van der Waals surface area (Å²) in [7, 11) is -2.54. The highest BCUT2D eigenvalue weighted by molar-refractivity contribution is 8.33. The summed E-state index contributed by atoms with van der Waals surface area (Å²) in [5, 5.41) is 11.2. The molecule has 0 aliphatic heterocycles. The first kappa shape index (κ1) is 20.8. The molecule has 26 heavy (non-hydrogen) atoms. The van der Waals surface area contributed by atoms with Gasteiger partial charge in [0.15, 0.2) is 0 Å². The molecule has 0 aliphatic rings. The third-order valence-corrected chi connectivity index (χ3v) is 7.59. The Balaban J connectivity index is 2.49. The fraction of sp³-hybridized carbons (Fsp3) is 0.409. The zero-order chi connectivity index (χ0) is 19.4. The molecule has 143 valence electrons. The van der Waals surface area contributed by atoms with Crippen LogP contribution in [0.2, 0.25) is 0 Å². The van der Waals surface area contributed by atoms with Gasteiger partial charge < -0.3 is 14.1 Å². The van der Waals surface area contributed by atoms with Crippen LogP contribution in [-0.2, 0) is 0 Å². The topological polar surface area (TPSA) is 53.6 Å². The number of benzene rings is 1. The number of aryl methyl sites for hydroxylation is 1. The number of aliphatic hydroxyl groups excluding tert-OH is 1. The zero-order valence-corrected chi connectivity index (χ0v) is 16.9. The van der Waals surface area contributed by atoms with Gasteiger partial charge in [-0.1, -0.05) is 61.3 Å². The molecule has 3 atom stereocenters. The van der Waals surface area contributed by atoms with Gasteiger partial charge >= 0.3 is 0 Å². The van der Waals surface area contributed by atoms with Crippen molar-refractivity contribution < 1.29 is 14.1 Å². The Morgan fingerprint density at radius 1 is 1.23 bits per heavy atom. The van der Waals surface area contributed by atoms with Crippen LogP contribution < -0.4 is 0 Å². The van der Waals surface area contributed by atoms with E-state index in [0.717, 1.165) is 29.7 Å². The maximum atomic E-state index is 11.4. The molecule has 1 aromatic carbocycles. The number of aliphatic hydroxyl groups is 1. The van der Waals surface area contributed by atoms with Crippen LogP contribution in [0.4, 0.5) is 0 Å². The zero-order valence-electron chi connectivity index (χ0n) is 16.1. The van der Waals surface area contributed by atoms with Crippen molar-refractivity contribution in [2.45, 2.75) is 57.5 Å². The maximum absolute atomic E-state index is 11.4. The molecule has 0 bridgehead atoms. The van der Waals surface area contributed by atoms with Crippen molar-refractivity contribution in [2.75, 3.05) is 0 Å². The quantitative estimate of drug-likeness (QED) is 0.504. The van der Waals surface area contributed by atoms with E-state index in [-0.39, 0.29) is 0 Å². The summed E-state index contributed by atoms with van der Waals surface area (Å²) in [6.45, 7) is 10.4. The summed E-state index contributed by atoms with van der Waals surface area (Å²) >= 11 is 0. The van der Waals surface area contributed by atoms with Crippen LogP contribution in [0, 0.1) is 18.6 Å². The molecule has 2 aromatic rings. The van der Waals surface area contributed by atoms with E-state index >= 15 is 0 Å². The van der Waals surface area contributed by atoms with Crippen LogP contribution in [-0.4, -0.2) is 9.66 Å². The molecule has 0 aliphatic carbocycles. The molecule has 2 rings (SSSR count). The SMILES string of the molecule is [CH2]S(O)(C(=C)[C@](CC)(CCCC)[C@H](O)c1ccco1)c1ccc(C)cc1. The highest BCUT2D eigenvalue weighted by Gasteiger charge is 2.45. The lowest BCUT2D eigenvalue weighted by Crippen LogP contribution is -2.32. The largest absolute Gasteiger partial charge is 0.467 e. The van der Waals surface area contributed by atoms with Crippen molar-refractivity contribution in [1.29, 1.82) is 0 Å². The van der Waals surface area contributed by atoms with Gasteiger partial charge in [-0.25, -0.2) is 0 Å². The molecule has 0 saturated heterocycles. The van der Waals surface area contributed by atoms with Gasteiger partial charge in [0.25, 0.3) is 0 Å².